The molecule has 1 aromatic carbocycles. The molecule has 0 aromatic heterocycles. The Hall–Kier alpha value is -1.71. The summed E-state index contributed by atoms with van der Waals surface area (Å²) < 4.78 is 10.7. The number of benzene rings is 1. The van der Waals surface area contributed by atoms with Gasteiger partial charge in [0, 0.05) is 18.7 Å². The van der Waals surface area contributed by atoms with Crippen LogP contribution >= 0.6 is 0 Å². The molecule has 0 radical (unpaired) electrons. The Morgan fingerprint density at radius 2 is 1.95 bits per heavy atom. The van der Waals surface area contributed by atoms with E-state index in [1.54, 1.807) is 25.3 Å². The van der Waals surface area contributed by atoms with Crippen molar-refractivity contribution in [1.82, 2.24) is 4.90 Å². The minimum absolute atomic E-state index is 0.0864. The van der Waals surface area contributed by atoms with Gasteiger partial charge in [-0.05, 0) is 44.4 Å². The molecule has 1 heterocycles. The SMILES string of the molecule is CCOc1cc(C(=O)N2CCCCC2)ccc1OC. The van der Waals surface area contributed by atoms with Crippen LogP contribution in [0.25, 0.3) is 0 Å². The normalized spacial score (nSPS) is 15.2. The molecule has 0 atom stereocenters. The molecular weight excluding hydrogens is 242 g/mol. The Kier molecular flexibility index (Phi) is 4.66. The number of hydrogen-bond acceptors (Lipinski definition) is 3. The molecule has 1 aliphatic rings. The van der Waals surface area contributed by atoms with Crippen LogP contribution in [0, 0.1) is 0 Å². The van der Waals surface area contributed by atoms with Gasteiger partial charge in [-0.25, -0.2) is 0 Å². The van der Waals surface area contributed by atoms with Gasteiger partial charge in [0.15, 0.2) is 11.5 Å². The van der Waals surface area contributed by atoms with E-state index in [1.807, 2.05) is 11.8 Å². The summed E-state index contributed by atoms with van der Waals surface area (Å²) in [6.07, 6.45) is 3.41. The van der Waals surface area contributed by atoms with Crippen molar-refractivity contribution in [3.8, 4) is 11.5 Å². The van der Waals surface area contributed by atoms with Crippen molar-refractivity contribution in [2.75, 3.05) is 26.8 Å². The van der Waals surface area contributed by atoms with Crippen molar-refractivity contribution in [3.63, 3.8) is 0 Å². The van der Waals surface area contributed by atoms with E-state index in [0.717, 1.165) is 25.9 Å². The number of piperidine rings is 1. The highest BCUT2D eigenvalue weighted by molar-refractivity contribution is 5.95. The summed E-state index contributed by atoms with van der Waals surface area (Å²) in [7, 11) is 1.60. The summed E-state index contributed by atoms with van der Waals surface area (Å²) in [5.41, 5.74) is 0.672. The predicted molar refractivity (Wildman–Crippen MR) is 73.9 cm³/mol. The molecule has 1 amide bonds. The second-order valence-corrected chi connectivity index (χ2v) is 4.65. The van der Waals surface area contributed by atoms with E-state index in [2.05, 4.69) is 0 Å². The van der Waals surface area contributed by atoms with E-state index in [0.29, 0.717) is 23.7 Å². The minimum Gasteiger partial charge on any atom is -0.493 e. The zero-order chi connectivity index (χ0) is 13.7. The quantitative estimate of drug-likeness (QED) is 0.838. The van der Waals surface area contributed by atoms with E-state index >= 15 is 0 Å². The van der Waals surface area contributed by atoms with E-state index in [4.69, 9.17) is 9.47 Å². The van der Waals surface area contributed by atoms with E-state index < -0.39 is 0 Å². The third-order valence-corrected chi connectivity index (χ3v) is 3.35. The van der Waals surface area contributed by atoms with Gasteiger partial charge in [0.1, 0.15) is 0 Å². The van der Waals surface area contributed by atoms with Crippen LogP contribution in [0.15, 0.2) is 18.2 Å². The summed E-state index contributed by atoms with van der Waals surface area (Å²) in [4.78, 5) is 14.3. The fraction of sp³-hybridized carbons (Fsp3) is 0.533. The minimum atomic E-state index is 0.0864. The fourth-order valence-electron chi connectivity index (χ4n) is 2.36. The van der Waals surface area contributed by atoms with Crippen molar-refractivity contribution >= 4 is 5.91 Å². The summed E-state index contributed by atoms with van der Waals surface area (Å²) in [6.45, 7) is 4.18. The first-order valence-electron chi connectivity index (χ1n) is 6.86. The summed E-state index contributed by atoms with van der Waals surface area (Å²) in [5.74, 6) is 1.38. The van der Waals surface area contributed by atoms with Crippen LogP contribution in [0.4, 0.5) is 0 Å². The van der Waals surface area contributed by atoms with Gasteiger partial charge in [-0.15, -0.1) is 0 Å². The second-order valence-electron chi connectivity index (χ2n) is 4.65. The predicted octanol–water partition coefficient (Wildman–Crippen LogP) is 2.72. The van der Waals surface area contributed by atoms with Gasteiger partial charge in [0.05, 0.1) is 13.7 Å². The zero-order valence-electron chi connectivity index (χ0n) is 11.6. The van der Waals surface area contributed by atoms with Gasteiger partial charge >= 0.3 is 0 Å². The molecule has 1 fully saturated rings. The monoisotopic (exact) mass is 263 g/mol. The number of ether oxygens (including phenoxy) is 2. The van der Waals surface area contributed by atoms with Crippen molar-refractivity contribution in [1.29, 1.82) is 0 Å². The largest absolute Gasteiger partial charge is 0.493 e. The third kappa shape index (κ3) is 3.19. The van der Waals surface area contributed by atoms with Crippen molar-refractivity contribution < 1.29 is 14.3 Å². The Morgan fingerprint density at radius 1 is 1.21 bits per heavy atom. The molecule has 1 saturated heterocycles. The highest BCUT2D eigenvalue weighted by atomic mass is 16.5. The van der Waals surface area contributed by atoms with Crippen LogP contribution in [-0.4, -0.2) is 37.6 Å². The molecule has 0 unspecified atom stereocenters. The zero-order valence-corrected chi connectivity index (χ0v) is 11.6. The molecule has 1 aromatic rings. The molecular formula is C15H21NO3. The number of hydrogen-bond donors (Lipinski definition) is 0. The number of carbonyl (C=O) groups excluding carboxylic acids is 1. The van der Waals surface area contributed by atoms with Crippen molar-refractivity contribution in [2.45, 2.75) is 26.2 Å². The van der Waals surface area contributed by atoms with Crippen LogP contribution in [-0.2, 0) is 0 Å². The van der Waals surface area contributed by atoms with Gasteiger partial charge < -0.3 is 14.4 Å². The Labute approximate surface area is 114 Å². The molecule has 0 aliphatic carbocycles. The molecule has 104 valence electrons. The average molecular weight is 263 g/mol. The summed E-state index contributed by atoms with van der Waals surface area (Å²) >= 11 is 0. The number of methoxy groups -OCH3 is 1. The standard InChI is InChI=1S/C15H21NO3/c1-3-19-14-11-12(7-8-13(14)18-2)15(17)16-9-5-4-6-10-16/h7-8,11H,3-6,9-10H2,1-2H3. The first-order valence-corrected chi connectivity index (χ1v) is 6.86. The van der Waals surface area contributed by atoms with Gasteiger partial charge in [-0.1, -0.05) is 0 Å². The summed E-state index contributed by atoms with van der Waals surface area (Å²) in [6, 6.07) is 5.37. The molecule has 19 heavy (non-hydrogen) atoms. The van der Waals surface area contributed by atoms with Gasteiger partial charge in [0.2, 0.25) is 0 Å². The Morgan fingerprint density at radius 3 is 2.58 bits per heavy atom. The number of amides is 1. The van der Waals surface area contributed by atoms with Crippen LogP contribution in [0.2, 0.25) is 0 Å². The maximum atomic E-state index is 12.4. The smallest absolute Gasteiger partial charge is 0.253 e. The topological polar surface area (TPSA) is 38.8 Å². The van der Waals surface area contributed by atoms with Crippen LogP contribution in [0.3, 0.4) is 0 Å². The van der Waals surface area contributed by atoms with Crippen LogP contribution in [0.5, 0.6) is 11.5 Å². The average Bonchev–Trinajstić information content (AvgIpc) is 2.47. The van der Waals surface area contributed by atoms with E-state index in [9.17, 15) is 4.79 Å². The van der Waals surface area contributed by atoms with Gasteiger partial charge in [0.25, 0.3) is 5.91 Å². The number of nitrogens with zero attached hydrogens (tertiary/aromatic N) is 1. The highest BCUT2D eigenvalue weighted by Crippen LogP contribution is 2.28. The number of rotatable bonds is 4. The lowest BCUT2D eigenvalue weighted by Crippen LogP contribution is -2.35. The van der Waals surface area contributed by atoms with Crippen LogP contribution < -0.4 is 9.47 Å². The molecule has 2 rings (SSSR count). The van der Waals surface area contributed by atoms with Crippen molar-refractivity contribution in [3.05, 3.63) is 23.8 Å². The number of likely N-dealkylation sites (tertiary alicyclic amines) is 1. The lowest BCUT2D eigenvalue weighted by molar-refractivity contribution is 0.0724. The first kappa shape index (κ1) is 13.7. The second kappa shape index (κ2) is 6.45. The molecule has 1 aliphatic heterocycles. The van der Waals surface area contributed by atoms with Gasteiger partial charge in [-0.3, -0.25) is 4.79 Å². The molecule has 0 bridgehead atoms. The molecule has 0 N–H and O–H groups in total. The maximum absolute atomic E-state index is 12.4. The number of carbonyl (C=O) groups is 1. The van der Waals surface area contributed by atoms with Crippen molar-refractivity contribution in [2.24, 2.45) is 0 Å². The first-order chi connectivity index (χ1) is 9.26. The van der Waals surface area contributed by atoms with Gasteiger partial charge in [-0.2, -0.15) is 0 Å². The van der Waals surface area contributed by atoms with E-state index in [-0.39, 0.29) is 5.91 Å². The van der Waals surface area contributed by atoms with Crippen LogP contribution in [0.1, 0.15) is 36.5 Å². The fourth-order valence-corrected chi connectivity index (χ4v) is 2.36. The third-order valence-electron chi connectivity index (χ3n) is 3.35. The molecule has 0 spiro atoms. The molecule has 4 heteroatoms. The lowest BCUT2D eigenvalue weighted by atomic mass is 10.1. The Balaban J connectivity index is 2.19. The Bertz CT molecular complexity index is 439. The molecule has 4 nitrogen and oxygen atoms in total. The highest BCUT2D eigenvalue weighted by Gasteiger charge is 2.19. The van der Waals surface area contributed by atoms with E-state index in [1.165, 1.54) is 6.42 Å². The molecule has 0 saturated carbocycles. The lowest BCUT2D eigenvalue weighted by Gasteiger charge is -2.27. The summed E-state index contributed by atoms with van der Waals surface area (Å²) in [5, 5.41) is 0. The maximum Gasteiger partial charge on any atom is 0.253 e.